The van der Waals surface area contributed by atoms with Crippen LogP contribution >= 0.6 is 0 Å². The summed E-state index contributed by atoms with van der Waals surface area (Å²) in [4.78, 5) is 41.2. The minimum Gasteiger partial charge on any atom is -0.313 e. The van der Waals surface area contributed by atoms with Gasteiger partial charge in [0, 0.05) is 6.20 Å². The molecule has 8 heteroatoms. The average Bonchev–Trinajstić information content (AvgIpc) is 2.81. The molecule has 2 heterocycles. The van der Waals surface area contributed by atoms with Gasteiger partial charge in [-0.2, -0.15) is 5.10 Å². The molecule has 2 aromatic heterocycles. The lowest BCUT2D eigenvalue weighted by molar-refractivity contribution is 0.101. The van der Waals surface area contributed by atoms with Crippen LogP contribution in [0.15, 0.2) is 22.1 Å². The van der Waals surface area contributed by atoms with Crippen LogP contribution in [-0.2, 0) is 0 Å². The molecule has 0 aliphatic heterocycles. The molecule has 2 aromatic rings. The summed E-state index contributed by atoms with van der Waals surface area (Å²) in [5.41, 5.74) is -1.31. The van der Waals surface area contributed by atoms with E-state index in [1.165, 1.54) is 13.3 Å². The van der Waals surface area contributed by atoms with Gasteiger partial charge in [-0.1, -0.05) is 0 Å². The van der Waals surface area contributed by atoms with Crippen molar-refractivity contribution in [2.75, 3.05) is 0 Å². The standard InChI is InChI=1S/C10H11N5O3/c1-5(8-12-4-13-14-8)15-9(17)7(6(2)16)3-11-10(15)18/h3-5H,1-2H3,(H,11,18)(H,12,13,14). The second kappa shape index (κ2) is 4.40. The molecule has 0 saturated heterocycles. The van der Waals surface area contributed by atoms with E-state index in [0.29, 0.717) is 5.82 Å². The number of nitrogens with one attached hydrogen (secondary N) is 2. The third-order valence-electron chi connectivity index (χ3n) is 2.60. The number of nitrogens with zero attached hydrogens (tertiary/aromatic N) is 3. The van der Waals surface area contributed by atoms with Gasteiger partial charge in [0.15, 0.2) is 5.78 Å². The molecule has 0 aliphatic carbocycles. The lowest BCUT2D eigenvalue weighted by Crippen LogP contribution is -2.40. The van der Waals surface area contributed by atoms with Crippen LogP contribution in [0.25, 0.3) is 0 Å². The van der Waals surface area contributed by atoms with Crippen molar-refractivity contribution in [3.63, 3.8) is 0 Å². The molecule has 0 radical (unpaired) electrons. The van der Waals surface area contributed by atoms with Gasteiger partial charge in [-0.25, -0.2) is 14.3 Å². The van der Waals surface area contributed by atoms with Gasteiger partial charge >= 0.3 is 5.69 Å². The maximum atomic E-state index is 12.0. The zero-order chi connectivity index (χ0) is 13.3. The molecule has 94 valence electrons. The molecule has 18 heavy (non-hydrogen) atoms. The summed E-state index contributed by atoms with van der Waals surface area (Å²) >= 11 is 0. The molecule has 0 aromatic carbocycles. The molecule has 0 aliphatic rings. The first-order chi connectivity index (χ1) is 8.52. The predicted molar refractivity (Wildman–Crippen MR) is 61.5 cm³/mol. The van der Waals surface area contributed by atoms with Crippen LogP contribution in [0, 0.1) is 0 Å². The van der Waals surface area contributed by atoms with Gasteiger partial charge in [0.1, 0.15) is 12.2 Å². The normalized spacial score (nSPS) is 12.3. The summed E-state index contributed by atoms with van der Waals surface area (Å²) in [5.74, 6) is -0.0435. The molecule has 0 saturated carbocycles. The Morgan fingerprint density at radius 2 is 2.17 bits per heavy atom. The van der Waals surface area contributed by atoms with Crippen LogP contribution < -0.4 is 11.2 Å². The van der Waals surface area contributed by atoms with Crippen molar-refractivity contribution >= 4 is 5.78 Å². The van der Waals surface area contributed by atoms with Gasteiger partial charge in [-0.3, -0.25) is 14.7 Å². The average molecular weight is 249 g/mol. The van der Waals surface area contributed by atoms with Crippen LogP contribution in [0.5, 0.6) is 0 Å². The van der Waals surface area contributed by atoms with Crippen LogP contribution in [0.1, 0.15) is 36.1 Å². The number of aromatic nitrogens is 5. The van der Waals surface area contributed by atoms with Crippen molar-refractivity contribution in [3.8, 4) is 0 Å². The molecule has 1 unspecified atom stereocenters. The molecular weight excluding hydrogens is 238 g/mol. The minimum absolute atomic E-state index is 0.0686. The number of H-pyrrole nitrogens is 2. The maximum absolute atomic E-state index is 12.0. The summed E-state index contributed by atoms with van der Waals surface area (Å²) in [7, 11) is 0. The number of aromatic amines is 2. The summed E-state index contributed by atoms with van der Waals surface area (Å²) in [5, 5.41) is 6.23. The first-order valence-corrected chi connectivity index (χ1v) is 5.22. The van der Waals surface area contributed by atoms with Gasteiger partial charge in [-0.05, 0) is 13.8 Å². The topological polar surface area (TPSA) is 114 Å². The summed E-state index contributed by atoms with van der Waals surface area (Å²) in [6.45, 7) is 2.87. The van der Waals surface area contributed by atoms with Crippen molar-refractivity contribution in [1.82, 2.24) is 24.7 Å². The van der Waals surface area contributed by atoms with E-state index in [2.05, 4.69) is 20.2 Å². The molecule has 0 spiro atoms. The molecule has 1 atom stereocenters. The van der Waals surface area contributed by atoms with Gasteiger partial charge in [0.2, 0.25) is 0 Å². The Hall–Kier alpha value is -2.51. The van der Waals surface area contributed by atoms with Gasteiger partial charge in [-0.15, -0.1) is 0 Å². The van der Waals surface area contributed by atoms with Gasteiger partial charge in [0.25, 0.3) is 5.56 Å². The van der Waals surface area contributed by atoms with E-state index in [1.807, 2.05) is 0 Å². The van der Waals surface area contributed by atoms with E-state index in [4.69, 9.17) is 0 Å². The lowest BCUT2D eigenvalue weighted by Gasteiger charge is -2.11. The fourth-order valence-corrected chi connectivity index (χ4v) is 1.63. The van der Waals surface area contributed by atoms with E-state index in [0.717, 1.165) is 10.8 Å². The van der Waals surface area contributed by atoms with E-state index in [9.17, 15) is 14.4 Å². The van der Waals surface area contributed by atoms with Crippen molar-refractivity contribution in [1.29, 1.82) is 0 Å². The second-order valence-electron chi connectivity index (χ2n) is 3.79. The number of ketones is 1. The third kappa shape index (κ3) is 1.88. The zero-order valence-electron chi connectivity index (χ0n) is 9.80. The molecule has 0 fully saturated rings. The number of carbonyl (C=O) groups is 1. The number of hydrogen-bond acceptors (Lipinski definition) is 5. The highest BCUT2D eigenvalue weighted by molar-refractivity contribution is 5.93. The smallest absolute Gasteiger partial charge is 0.313 e. The lowest BCUT2D eigenvalue weighted by atomic mass is 10.2. The first-order valence-electron chi connectivity index (χ1n) is 5.22. The van der Waals surface area contributed by atoms with Crippen LogP contribution in [0.2, 0.25) is 0 Å². The minimum atomic E-state index is -0.643. The van der Waals surface area contributed by atoms with E-state index >= 15 is 0 Å². The zero-order valence-corrected chi connectivity index (χ0v) is 9.80. The maximum Gasteiger partial charge on any atom is 0.329 e. The van der Waals surface area contributed by atoms with Crippen LogP contribution in [0.4, 0.5) is 0 Å². The Bertz CT molecular complexity index is 682. The Balaban J connectivity index is 2.64. The largest absolute Gasteiger partial charge is 0.329 e. The van der Waals surface area contributed by atoms with Crippen molar-refractivity contribution in [2.45, 2.75) is 19.9 Å². The summed E-state index contributed by atoms with van der Waals surface area (Å²) in [6, 6.07) is -0.636. The second-order valence-corrected chi connectivity index (χ2v) is 3.79. The summed E-state index contributed by atoms with van der Waals surface area (Å²) < 4.78 is 0.928. The molecule has 0 amide bonds. The Kier molecular flexibility index (Phi) is 2.92. The highest BCUT2D eigenvalue weighted by atomic mass is 16.2. The quantitative estimate of drug-likeness (QED) is 0.709. The Morgan fingerprint density at radius 1 is 1.44 bits per heavy atom. The first kappa shape index (κ1) is 12.0. The van der Waals surface area contributed by atoms with Crippen molar-refractivity contribution in [3.05, 3.63) is 44.8 Å². The van der Waals surface area contributed by atoms with E-state index < -0.39 is 23.1 Å². The molecule has 2 rings (SSSR count). The Labute approximate surface area is 101 Å². The highest BCUT2D eigenvalue weighted by Gasteiger charge is 2.18. The van der Waals surface area contributed by atoms with E-state index in [-0.39, 0.29) is 5.56 Å². The van der Waals surface area contributed by atoms with Gasteiger partial charge in [0.05, 0.1) is 11.6 Å². The number of Topliss-reactive ketones (excluding diaryl/α,β-unsaturated/α-hetero) is 1. The third-order valence-corrected chi connectivity index (χ3v) is 2.60. The monoisotopic (exact) mass is 249 g/mol. The van der Waals surface area contributed by atoms with Crippen molar-refractivity contribution < 1.29 is 4.79 Å². The fourth-order valence-electron chi connectivity index (χ4n) is 1.63. The molecule has 8 nitrogen and oxygen atoms in total. The highest BCUT2D eigenvalue weighted by Crippen LogP contribution is 2.07. The molecule has 2 N–H and O–H groups in total. The Morgan fingerprint density at radius 3 is 2.72 bits per heavy atom. The van der Waals surface area contributed by atoms with Gasteiger partial charge < -0.3 is 4.98 Å². The summed E-state index contributed by atoms with van der Waals surface area (Å²) in [6.07, 6.45) is 2.40. The van der Waals surface area contributed by atoms with Crippen molar-refractivity contribution in [2.24, 2.45) is 0 Å². The SMILES string of the molecule is CC(=O)c1c[nH]c(=O)n(C(C)c2ncn[nH]2)c1=O. The molecular formula is C10H11N5O3. The number of carbonyl (C=O) groups excluding carboxylic acids is 1. The number of rotatable bonds is 3. The van der Waals surface area contributed by atoms with E-state index in [1.54, 1.807) is 6.92 Å². The fraction of sp³-hybridized carbons (Fsp3) is 0.300. The predicted octanol–water partition coefficient (Wildman–Crippen LogP) is -0.533. The van der Waals surface area contributed by atoms with Crippen LogP contribution in [0.3, 0.4) is 0 Å². The van der Waals surface area contributed by atoms with Crippen LogP contribution in [-0.4, -0.2) is 30.5 Å². The number of hydrogen-bond donors (Lipinski definition) is 2. The molecule has 0 bridgehead atoms.